The van der Waals surface area contributed by atoms with Crippen molar-refractivity contribution in [2.75, 3.05) is 32.0 Å². The van der Waals surface area contributed by atoms with Crippen LogP contribution < -0.4 is 5.32 Å². The van der Waals surface area contributed by atoms with Crippen molar-refractivity contribution >= 4 is 17.7 Å². The molecule has 1 aromatic carbocycles. The van der Waals surface area contributed by atoms with Crippen LogP contribution in [-0.2, 0) is 16.1 Å². The maximum absolute atomic E-state index is 13.5. The van der Waals surface area contributed by atoms with E-state index in [1.165, 1.54) is 43.2 Å². The number of halogens is 1. The van der Waals surface area contributed by atoms with Gasteiger partial charge in [0.25, 0.3) is 0 Å². The molecule has 30 heavy (non-hydrogen) atoms. The Morgan fingerprint density at radius 2 is 1.97 bits per heavy atom. The first-order valence-corrected chi connectivity index (χ1v) is 11.6. The molecule has 4 rings (SSSR count). The fraction of sp³-hybridized carbons (Fsp3) is 0.571. The van der Waals surface area contributed by atoms with Gasteiger partial charge in [-0.3, -0.25) is 14.3 Å². The lowest BCUT2D eigenvalue weighted by Crippen LogP contribution is -2.33. The quantitative estimate of drug-likeness (QED) is 0.646. The van der Waals surface area contributed by atoms with E-state index in [2.05, 4.69) is 20.4 Å². The van der Waals surface area contributed by atoms with Crippen LogP contribution in [0.3, 0.4) is 0 Å². The number of nitrogens with one attached hydrogen (secondary N) is 1. The molecule has 0 bridgehead atoms. The Hall–Kier alpha value is -1.97. The van der Waals surface area contributed by atoms with Gasteiger partial charge in [-0.05, 0) is 63.0 Å². The molecule has 7 nitrogen and oxygen atoms in total. The number of hydrogen-bond acceptors (Lipinski definition) is 6. The molecule has 9 heteroatoms. The summed E-state index contributed by atoms with van der Waals surface area (Å²) in [5.74, 6) is 0.718. The van der Waals surface area contributed by atoms with Crippen molar-refractivity contribution in [3.8, 4) is 5.69 Å². The summed E-state index contributed by atoms with van der Waals surface area (Å²) in [6, 6.07) is 6.31. The molecule has 162 valence electrons. The van der Waals surface area contributed by atoms with E-state index >= 15 is 0 Å². The van der Waals surface area contributed by atoms with E-state index in [1.54, 1.807) is 12.1 Å². The lowest BCUT2D eigenvalue weighted by Gasteiger charge is -2.26. The summed E-state index contributed by atoms with van der Waals surface area (Å²) in [5, 5.41) is 12.3. The number of piperidine rings is 1. The molecule has 1 N–H and O–H groups in total. The summed E-state index contributed by atoms with van der Waals surface area (Å²) >= 11 is 1.34. The number of rotatable bonds is 8. The van der Waals surface area contributed by atoms with Gasteiger partial charge in [0.2, 0.25) is 5.91 Å². The zero-order chi connectivity index (χ0) is 20.8. The molecular weight excluding hydrogens is 405 g/mol. The highest BCUT2D eigenvalue weighted by Gasteiger charge is 2.20. The van der Waals surface area contributed by atoms with Gasteiger partial charge in [-0.1, -0.05) is 18.2 Å². The van der Waals surface area contributed by atoms with E-state index in [1.807, 2.05) is 4.57 Å². The fourth-order valence-corrected chi connectivity index (χ4v) is 4.68. The Morgan fingerprint density at radius 1 is 1.17 bits per heavy atom. The number of benzene rings is 1. The number of amides is 1. The largest absolute Gasteiger partial charge is 0.376 e. The Morgan fingerprint density at radius 3 is 2.70 bits per heavy atom. The van der Waals surface area contributed by atoms with Gasteiger partial charge in [-0.2, -0.15) is 0 Å². The normalized spacial score (nSPS) is 19.8. The molecule has 1 unspecified atom stereocenters. The standard InChI is InChI=1S/C21H28FN5O2S/c22-16-6-8-17(9-7-16)27-19(14-26-10-2-1-3-11-26)24-25-21(27)30-15-20(28)23-13-18-5-4-12-29-18/h6-9,18H,1-5,10-15H2,(H,23,28). The van der Waals surface area contributed by atoms with Crippen LogP contribution in [0.5, 0.6) is 0 Å². The first-order valence-electron chi connectivity index (χ1n) is 10.6. The van der Waals surface area contributed by atoms with Crippen LogP contribution >= 0.6 is 11.8 Å². The Kier molecular flexibility index (Phi) is 7.35. The minimum Gasteiger partial charge on any atom is -0.376 e. The van der Waals surface area contributed by atoms with Crippen molar-refractivity contribution in [3.63, 3.8) is 0 Å². The maximum Gasteiger partial charge on any atom is 0.230 e. The lowest BCUT2D eigenvalue weighted by molar-refractivity contribution is -0.119. The monoisotopic (exact) mass is 433 g/mol. The molecule has 1 amide bonds. The van der Waals surface area contributed by atoms with Crippen molar-refractivity contribution in [3.05, 3.63) is 35.9 Å². The molecule has 2 aliphatic rings. The molecule has 1 aromatic heterocycles. The van der Waals surface area contributed by atoms with Crippen molar-refractivity contribution in [1.29, 1.82) is 0 Å². The minimum atomic E-state index is -0.285. The summed E-state index contributed by atoms with van der Waals surface area (Å²) < 4.78 is 20.9. The molecule has 0 aliphatic carbocycles. The maximum atomic E-state index is 13.5. The van der Waals surface area contributed by atoms with Crippen molar-refractivity contribution in [2.24, 2.45) is 0 Å². The van der Waals surface area contributed by atoms with Crippen LogP contribution in [0.25, 0.3) is 5.69 Å². The van der Waals surface area contributed by atoms with Gasteiger partial charge in [0, 0.05) is 18.8 Å². The van der Waals surface area contributed by atoms with Gasteiger partial charge in [0.1, 0.15) is 5.82 Å². The number of carbonyl (C=O) groups is 1. The van der Waals surface area contributed by atoms with Gasteiger partial charge in [-0.15, -0.1) is 10.2 Å². The molecule has 3 heterocycles. The predicted octanol–water partition coefficient (Wildman–Crippen LogP) is 2.78. The summed E-state index contributed by atoms with van der Waals surface area (Å²) in [7, 11) is 0. The van der Waals surface area contributed by atoms with Gasteiger partial charge in [-0.25, -0.2) is 4.39 Å². The molecule has 2 aliphatic heterocycles. The van der Waals surface area contributed by atoms with E-state index in [0.29, 0.717) is 18.2 Å². The van der Waals surface area contributed by atoms with Crippen molar-refractivity contribution in [2.45, 2.75) is 49.9 Å². The van der Waals surface area contributed by atoms with E-state index in [0.717, 1.165) is 44.0 Å². The van der Waals surface area contributed by atoms with E-state index < -0.39 is 0 Å². The number of aromatic nitrogens is 3. The Balaban J connectivity index is 1.44. The molecule has 2 saturated heterocycles. The van der Waals surface area contributed by atoms with Crippen molar-refractivity contribution < 1.29 is 13.9 Å². The SMILES string of the molecule is O=C(CSc1nnc(CN2CCCCC2)n1-c1ccc(F)cc1)NCC1CCCO1. The first kappa shape index (κ1) is 21.3. The van der Waals surface area contributed by atoms with E-state index in [4.69, 9.17) is 4.74 Å². The third-order valence-corrected chi connectivity index (χ3v) is 6.41. The van der Waals surface area contributed by atoms with Crippen LogP contribution in [0.4, 0.5) is 4.39 Å². The van der Waals surface area contributed by atoms with Crippen molar-refractivity contribution in [1.82, 2.24) is 25.0 Å². The zero-order valence-corrected chi connectivity index (χ0v) is 17.9. The van der Waals surface area contributed by atoms with Gasteiger partial charge < -0.3 is 10.1 Å². The average Bonchev–Trinajstić information content (AvgIpc) is 3.42. The van der Waals surface area contributed by atoms with Crippen LogP contribution in [-0.4, -0.2) is 63.7 Å². The smallest absolute Gasteiger partial charge is 0.230 e. The summed E-state index contributed by atoms with van der Waals surface area (Å²) in [6.07, 6.45) is 5.82. The lowest BCUT2D eigenvalue weighted by atomic mass is 10.1. The summed E-state index contributed by atoms with van der Waals surface area (Å²) in [6.45, 7) is 4.10. The number of likely N-dealkylation sites (tertiary alicyclic amines) is 1. The minimum absolute atomic E-state index is 0.0539. The number of carbonyl (C=O) groups excluding carboxylic acids is 1. The number of hydrogen-bond donors (Lipinski definition) is 1. The second-order valence-electron chi connectivity index (χ2n) is 7.78. The Bertz CT molecular complexity index is 832. The summed E-state index contributed by atoms with van der Waals surface area (Å²) in [5.41, 5.74) is 0.802. The first-order chi connectivity index (χ1) is 14.7. The van der Waals surface area contributed by atoms with Crippen LogP contribution in [0.2, 0.25) is 0 Å². The van der Waals surface area contributed by atoms with Gasteiger partial charge in [0.05, 0.1) is 18.4 Å². The highest BCUT2D eigenvalue weighted by atomic mass is 32.2. The number of ether oxygens (including phenoxy) is 1. The molecule has 0 spiro atoms. The third-order valence-electron chi connectivity index (χ3n) is 5.48. The Labute approximate surface area is 180 Å². The van der Waals surface area contributed by atoms with Crippen LogP contribution in [0.15, 0.2) is 29.4 Å². The molecule has 2 fully saturated rings. The second kappa shape index (κ2) is 10.4. The third kappa shape index (κ3) is 5.59. The summed E-state index contributed by atoms with van der Waals surface area (Å²) in [4.78, 5) is 14.7. The molecule has 0 saturated carbocycles. The topological polar surface area (TPSA) is 72.3 Å². The average molecular weight is 434 g/mol. The van der Waals surface area contributed by atoms with Gasteiger partial charge >= 0.3 is 0 Å². The molecule has 1 atom stereocenters. The zero-order valence-electron chi connectivity index (χ0n) is 17.1. The molecular formula is C21H28FN5O2S. The second-order valence-corrected chi connectivity index (χ2v) is 8.72. The predicted molar refractivity (Wildman–Crippen MR) is 113 cm³/mol. The van der Waals surface area contributed by atoms with E-state index in [9.17, 15) is 9.18 Å². The number of nitrogens with zero attached hydrogens (tertiary/aromatic N) is 4. The highest BCUT2D eigenvalue weighted by molar-refractivity contribution is 7.99. The van der Waals surface area contributed by atoms with Crippen LogP contribution in [0.1, 0.15) is 37.9 Å². The molecule has 0 radical (unpaired) electrons. The van der Waals surface area contributed by atoms with Gasteiger partial charge in [0.15, 0.2) is 11.0 Å². The highest BCUT2D eigenvalue weighted by Crippen LogP contribution is 2.24. The van der Waals surface area contributed by atoms with E-state index in [-0.39, 0.29) is 23.6 Å². The molecule has 2 aromatic rings. The number of thioether (sulfide) groups is 1. The van der Waals surface area contributed by atoms with Crippen LogP contribution in [0, 0.1) is 5.82 Å². The fourth-order valence-electron chi connectivity index (χ4n) is 3.88.